The SMILES string of the molecule is CCCC(C)NC(=O)O[C@]1(C(=O)CO)[C@@H](C)C[C@H]2[C@@H]3CCC4=CC(=O)C=C[C@]4(C)[C@@]3(F)[C@@H](O)C[C@@]21C. The second-order valence-corrected chi connectivity index (χ2v) is 11.9. The van der Waals surface area contributed by atoms with E-state index in [1.54, 1.807) is 26.8 Å². The number of halogens is 1. The molecule has 1 unspecified atom stereocenters. The predicted octanol–water partition coefficient (Wildman–Crippen LogP) is 3.82. The van der Waals surface area contributed by atoms with Gasteiger partial charge in [0, 0.05) is 28.7 Å². The van der Waals surface area contributed by atoms with Crippen LogP contribution in [-0.4, -0.2) is 57.9 Å². The number of alkyl halides is 1. The van der Waals surface area contributed by atoms with E-state index < -0.39 is 58.5 Å². The molecule has 0 heterocycles. The number of allylic oxidation sites excluding steroid dienone is 4. The third-order valence-corrected chi connectivity index (χ3v) is 10.1. The van der Waals surface area contributed by atoms with Gasteiger partial charge in [0.25, 0.3) is 0 Å². The molecule has 0 saturated heterocycles. The van der Waals surface area contributed by atoms with Crippen molar-refractivity contribution in [1.82, 2.24) is 5.32 Å². The van der Waals surface area contributed by atoms with Crippen molar-refractivity contribution in [2.75, 3.05) is 6.61 Å². The summed E-state index contributed by atoms with van der Waals surface area (Å²) in [5, 5.41) is 24.3. The molecule has 7 nitrogen and oxygen atoms in total. The summed E-state index contributed by atoms with van der Waals surface area (Å²) in [5.41, 5.74) is -5.29. The van der Waals surface area contributed by atoms with E-state index in [1.165, 1.54) is 12.2 Å². The molecule has 0 radical (unpaired) electrons. The Morgan fingerprint density at radius 1 is 1.31 bits per heavy atom. The van der Waals surface area contributed by atoms with Crippen LogP contribution in [0.5, 0.6) is 0 Å². The Balaban J connectivity index is 1.76. The van der Waals surface area contributed by atoms with Crippen molar-refractivity contribution in [2.24, 2.45) is 28.6 Å². The summed E-state index contributed by atoms with van der Waals surface area (Å²) in [7, 11) is 0. The average molecular weight is 506 g/mol. The van der Waals surface area contributed by atoms with Gasteiger partial charge < -0.3 is 20.3 Å². The Morgan fingerprint density at radius 3 is 2.64 bits per heavy atom. The first-order chi connectivity index (χ1) is 16.8. The molecule has 0 aromatic rings. The Hall–Kier alpha value is -2.06. The van der Waals surface area contributed by atoms with Gasteiger partial charge in [-0.1, -0.05) is 38.8 Å². The van der Waals surface area contributed by atoms with Crippen molar-refractivity contribution in [3.05, 3.63) is 23.8 Å². The van der Waals surface area contributed by atoms with Crippen molar-refractivity contribution >= 4 is 17.7 Å². The Morgan fingerprint density at radius 2 is 2.00 bits per heavy atom. The number of aliphatic hydroxyl groups is 2. The van der Waals surface area contributed by atoms with Crippen LogP contribution in [0.15, 0.2) is 23.8 Å². The van der Waals surface area contributed by atoms with Gasteiger partial charge in [-0.3, -0.25) is 9.59 Å². The van der Waals surface area contributed by atoms with E-state index in [1.807, 2.05) is 13.8 Å². The summed E-state index contributed by atoms with van der Waals surface area (Å²) in [5.74, 6) is -2.28. The molecule has 4 aliphatic carbocycles. The van der Waals surface area contributed by atoms with Crippen LogP contribution in [0, 0.1) is 28.6 Å². The number of alkyl carbamates (subject to hydrolysis) is 1. The number of hydrogen-bond donors (Lipinski definition) is 3. The lowest BCUT2D eigenvalue weighted by molar-refractivity contribution is -0.219. The van der Waals surface area contributed by atoms with E-state index in [0.29, 0.717) is 24.8 Å². The number of ether oxygens (including phenoxy) is 1. The minimum atomic E-state index is -2.05. The maximum atomic E-state index is 17.3. The number of nitrogens with one attached hydrogen (secondary N) is 1. The minimum absolute atomic E-state index is 0.108. The predicted molar refractivity (Wildman–Crippen MR) is 132 cm³/mol. The number of fused-ring (bicyclic) bond motifs is 5. The summed E-state index contributed by atoms with van der Waals surface area (Å²) < 4.78 is 23.3. The quantitative estimate of drug-likeness (QED) is 0.506. The topological polar surface area (TPSA) is 113 Å². The monoisotopic (exact) mass is 505 g/mol. The molecule has 8 heteroatoms. The van der Waals surface area contributed by atoms with Crippen LogP contribution in [-0.2, 0) is 14.3 Å². The second-order valence-electron chi connectivity index (χ2n) is 11.9. The number of ketones is 2. The number of amides is 1. The molecule has 0 bridgehead atoms. The van der Waals surface area contributed by atoms with Crippen LogP contribution in [0.2, 0.25) is 0 Å². The molecule has 0 spiro atoms. The van der Waals surface area contributed by atoms with Crippen LogP contribution >= 0.6 is 0 Å². The fourth-order valence-corrected chi connectivity index (χ4v) is 8.40. The fraction of sp³-hybridized carbons (Fsp3) is 0.750. The van der Waals surface area contributed by atoms with E-state index in [0.717, 1.165) is 12.8 Å². The van der Waals surface area contributed by atoms with E-state index in [-0.39, 0.29) is 24.2 Å². The molecule has 0 aliphatic heterocycles. The maximum Gasteiger partial charge on any atom is 0.408 e. The molecule has 9 atom stereocenters. The molecule has 3 saturated carbocycles. The van der Waals surface area contributed by atoms with E-state index in [4.69, 9.17) is 4.74 Å². The van der Waals surface area contributed by atoms with Crippen LogP contribution in [0.3, 0.4) is 0 Å². The Bertz CT molecular complexity index is 1010. The molecule has 36 heavy (non-hydrogen) atoms. The van der Waals surface area contributed by atoms with Crippen LogP contribution in [0.25, 0.3) is 0 Å². The smallest absolute Gasteiger partial charge is 0.408 e. The molecule has 4 aliphatic rings. The lowest BCUT2D eigenvalue weighted by Crippen LogP contribution is -2.70. The van der Waals surface area contributed by atoms with Crippen LogP contribution < -0.4 is 5.32 Å². The maximum absolute atomic E-state index is 17.3. The normalized spacial score (nSPS) is 44.1. The summed E-state index contributed by atoms with van der Waals surface area (Å²) in [6.07, 6.45) is 5.07. The van der Waals surface area contributed by atoms with Gasteiger partial charge in [-0.05, 0) is 64.0 Å². The first-order valence-corrected chi connectivity index (χ1v) is 13.3. The summed E-state index contributed by atoms with van der Waals surface area (Å²) in [6.45, 7) is 8.38. The van der Waals surface area contributed by atoms with Gasteiger partial charge in [-0.2, -0.15) is 0 Å². The molecule has 3 fully saturated rings. The first kappa shape index (κ1) is 27.0. The molecule has 200 valence electrons. The largest absolute Gasteiger partial charge is 0.434 e. The highest BCUT2D eigenvalue weighted by Gasteiger charge is 2.77. The van der Waals surface area contributed by atoms with Gasteiger partial charge in [0.15, 0.2) is 17.1 Å². The zero-order valence-corrected chi connectivity index (χ0v) is 22.0. The minimum Gasteiger partial charge on any atom is -0.434 e. The molecule has 1 amide bonds. The molecule has 3 N–H and O–H groups in total. The van der Waals surface area contributed by atoms with Crippen molar-refractivity contribution in [1.29, 1.82) is 0 Å². The zero-order valence-electron chi connectivity index (χ0n) is 22.0. The fourth-order valence-electron chi connectivity index (χ4n) is 8.40. The van der Waals surface area contributed by atoms with Gasteiger partial charge in [0.05, 0.1) is 6.10 Å². The second kappa shape index (κ2) is 9.05. The molecule has 4 rings (SSSR count). The van der Waals surface area contributed by atoms with Gasteiger partial charge in [0.2, 0.25) is 5.78 Å². The van der Waals surface area contributed by atoms with Gasteiger partial charge in [-0.15, -0.1) is 0 Å². The van der Waals surface area contributed by atoms with E-state index in [2.05, 4.69) is 5.32 Å². The Labute approximate surface area is 212 Å². The number of carbonyl (C=O) groups excluding carboxylic acids is 3. The van der Waals surface area contributed by atoms with Crippen molar-refractivity contribution in [3.8, 4) is 0 Å². The third-order valence-electron chi connectivity index (χ3n) is 10.1. The molecule has 0 aromatic heterocycles. The highest BCUT2D eigenvalue weighted by atomic mass is 19.1. The van der Waals surface area contributed by atoms with Crippen molar-refractivity contribution < 1.29 is 33.7 Å². The zero-order chi connectivity index (χ0) is 26.7. The highest BCUT2D eigenvalue weighted by Crippen LogP contribution is 2.71. The average Bonchev–Trinajstić information content (AvgIpc) is 3.02. The summed E-state index contributed by atoms with van der Waals surface area (Å²) in [6, 6.07) is -0.163. The van der Waals surface area contributed by atoms with E-state index >= 15 is 4.39 Å². The van der Waals surface area contributed by atoms with Gasteiger partial charge >= 0.3 is 6.09 Å². The van der Waals surface area contributed by atoms with Crippen LogP contribution in [0.4, 0.5) is 9.18 Å². The van der Waals surface area contributed by atoms with E-state index in [9.17, 15) is 24.6 Å². The number of carbonyl (C=O) groups is 3. The summed E-state index contributed by atoms with van der Waals surface area (Å²) >= 11 is 0. The van der Waals surface area contributed by atoms with Crippen molar-refractivity contribution in [3.63, 3.8) is 0 Å². The Kier molecular flexibility index (Phi) is 6.78. The number of Topliss-reactive ketones (excluding diaryl/α,β-unsaturated/α-hetero) is 1. The number of hydrogen-bond acceptors (Lipinski definition) is 6. The van der Waals surface area contributed by atoms with Gasteiger partial charge in [0.1, 0.15) is 6.61 Å². The standard InChI is InChI=1S/C28H40FNO6/c1-6-7-17(3)30-24(35)36-28(23(34)15-31)16(2)12-21-20-9-8-18-13-19(32)10-11-25(18,4)27(20,29)22(33)14-26(21,28)5/h10-11,13,16-17,20-22,31,33H,6-9,12,14-15H2,1-5H3,(H,30,35)/t16-,17?,20-,21-,22-,25-,26-,27-,28-/m0/s1. The molecular formula is C28H40FNO6. The van der Waals surface area contributed by atoms with Crippen LogP contribution in [0.1, 0.15) is 73.1 Å². The first-order valence-electron chi connectivity index (χ1n) is 13.3. The lowest BCUT2D eigenvalue weighted by atomic mass is 9.44. The lowest BCUT2D eigenvalue weighted by Gasteiger charge is -2.62. The van der Waals surface area contributed by atoms with Crippen molar-refractivity contribution in [2.45, 2.75) is 96.6 Å². The highest BCUT2D eigenvalue weighted by molar-refractivity contribution is 6.01. The molecular weight excluding hydrogens is 465 g/mol. The summed E-state index contributed by atoms with van der Waals surface area (Å²) in [4.78, 5) is 38.5. The number of rotatable bonds is 6. The van der Waals surface area contributed by atoms with Gasteiger partial charge in [-0.25, -0.2) is 9.18 Å². The molecule has 0 aromatic carbocycles. The number of aliphatic hydroxyl groups excluding tert-OH is 2. The third kappa shape index (κ3) is 3.46.